The average Bonchev–Trinajstić information content (AvgIpc) is 3.32. The van der Waals surface area contributed by atoms with Crippen molar-refractivity contribution in [3.8, 4) is 11.5 Å². The molecule has 5 rings (SSSR count). The molecule has 35 heavy (non-hydrogen) atoms. The van der Waals surface area contributed by atoms with Crippen molar-refractivity contribution in [2.24, 2.45) is 0 Å². The predicted molar refractivity (Wildman–Crippen MR) is 131 cm³/mol. The number of ketones is 1. The number of aromatic amines is 1. The summed E-state index contributed by atoms with van der Waals surface area (Å²) in [6, 6.07) is 12.9. The van der Waals surface area contributed by atoms with Crippen molar-refractivity contribution in [2.75, 3.05) is 18.5 Å². The van der Waals surface area contributed by atoms with E-state index < -0.39 is 11.6 Å². The molecule has 1 aliphatic heterocycles. The van der Waals surface area contributed by atoms with Gasteiger partial charge in [0.1, 0.15) is 11.4 Å². The minimum absolute atomic E-state index is 0.00478. The topological polar surface area (TPSA) is 96.5 Å². The SMILES string of the molecule is O=C(c1cc(F)c(Oc2ccccc2)cc1Cl)c1c[nH]c2nccc(N[C@@H]3CC[C@@H](CO)OC3)c12. The molecule has 2 aromatic heterocycles. The van der Waals surface area contributed by atoms with Gasteiger partial charge in [0.05, 0.1) is 35.3 Å². The van der Waals surface area contributed by atoms with E-state index in [9.17, 15) is 14.3 Å². The first-order valence-electron chi connectivity index (χ1n) is 11.2. The normalized spacial score (nSPS) is 17.9. The fourth-order valence-corrected chi connectivity index (χ4v) is 4.42. The number of hydrogen-bond donors (Lipinski definition) is 3. The molecule has 0 saturated carbocycles. The summed E-state index contributed by atoms with van der Waals surface area (Å²) in [5, 5.41) is 13.4. The molecular weight excluding hydrogens is 473 g/mol. The Morgan fingerprint density at radius 2 is 2.06 bits per heavy atom. The number of para-hydroxylation sites is 1. The lowest BCUT2D eigenvalue weighted by molar-refractivity contribution is -0.0223. The second-order valence-electron chi connectivity index (χ2n) is 8.35. The Morgan fingerprint density at radius 1 is 1.23 bits per heavy atom. The van der Waals surface area contributed by atoms with Gasteiger partial charge in [0, 0.05) is 35.8 Å². The first-order valence-corrected chi connectivity index (χ1v) is 11.6. The minimum atomic E-state index is -0.698. The fourth-order valence-electron chi connectivity index (χ4n) is 4.18. The van der Waals surface area contributed by atoms with Crippen LogP contribution in [0.3, 0.4) is 0 Å². The van der Waals surface area contributed by atoms with Crippen LogP contribution in [0.4, 0.5) is 10.1 Å². The number of aliphatic hydroxyl groups is 1. The quantitative estimate of drug-likeness (QED) is 0.300. The molecule has 0 spiro atoms. The van der Waals surface area contributed by atoms with E-state index in [-0.39, 0.29) is 35.1 Å². The van der Waals surface area contributed by atoms with Crippen LogP contribution in [0.5, 0.6) is 11.5 Å². The maximum atomic E-state index is 14.9. The summed E-state index contributed by atoms with van der Waals surface area (Å²) in [6.45, 7) is 0.428. The van der Waals surface area contributed by atoms with Crippen molar-refractivity contribution >= 4 is 34.1 Å². The Kier molecular flexibility index (Phi) is 6.68. The highest BCUT2D eigenvalue weighted by Gasteiger charge is 2.25. The van der Waals surface area contributed by atoms with Gasteiger partial charge in [-0.3, -0.25) is 4.79 Å². The average molecular weight is 496 g/mol. The highest BCUT2D eigenvalue weighted by Crippen LogP contribution is 2.34. The van der Waals surface area contributed by atoms with Crippen molar-refractivity contribution in [2.45, 2.75) is 25.0 Å². The molecule has 2 aromatic carbocycles. The number of aromatic nitrogens is 2. The van der Waals surface area contributed by atoms with E-state index in [0.717, 1.165) is 18.9 Å². The van der Waals surface area contributed by atoms with Gasteiger partial charge >= 0.3 is 0 Å². The van der Waals surface area contributed by atoms with E-state index in [1.165, 1.54) is 6.07 Å². The van der Waals surface area contributed by atoms with E-state index in [1.54, 1.807) is 42.7 Å². The van der Waals surface area contributed by atoms with Crippen molar-refractivity contribution < 1.29 is 23.8 Å². The van der Waals surface area contributed by atoms with Crippen molar-refractivity contribution in [3.05, 3.63) is 82.9 Å². The summed E-state index contributed by atoms with van der Waals surface area (Å²) in [7, 11) is 0. The highest BCUT2D eigenvalue weighted by molar-refractivity contribution is 6.35. The Morgan fingerprint density at radius 3 is 2.80 bits per heavy atom. The Balaban J connectivity index is 1.43. The van der Waals surface area contributed by atoms with Crippen molar-refractivity contribution in [1.29, 1.82) is 0 Å². The van der Waals surface area contributed by atoms with Gasteiger partial charge in [-0.15, -0.1) is 0 Å². The third-order valence-corrected chi connectivity index (χ3v) is 6.30. The predicted octanol–water partition coefficient (Wildman–Crippen LogP) is 5.33. The van der Waals surface area contributed by atoms with E-state index in [4.69, 9.17) is 21.1 Å². The number of benzene rings is 2. The molecule has 0 bridgehead atoms. The minimum Gasteiger partial charge on any atom is -0.454 e. The van der Waals surface area contributed by atoms with Crippen LogP contribution in [-0.4, -0.2) is 46.2 Å². The third-order valence-electron chi connectivity index (χ3n) is 5.99. The standard InChI is InChI=1S/C26H23ClFN3O4/c27-20-11-23(35-16-4-2-1-3-5-16)21(28)10-18(20)25(33)19-12-30-26-24(19)22(8-9-29-26)31-15-6-7-17(13-32)34-14-15/h1-5,8-12,15,17,32H,6-7,13-14H2,(H2,29,30,31)/t15-,17+/m1/s1. The van der Waals surface area contributed by atoms with E-state index >= 15 is 0 Å². The van der Waals surface area contributed by atoms with E-state index in [1.807, 2.05) is 6.07 Å². The first-order chi connectivity index (χ1) is 17.0. The van der Waals surface area contributed by atoms with Gasteiger partial charge in [-0.05, 0) is 37.1 Å². The number of hydrogen-bond acceptors (Lipinski definition) is 6. The number of ether oxygens (including phenoxy) is 2. The van der Waals surface area contributed by atoms with Crippen LogP contribution in [0.15, 0.2) is 60.9 Å². The second kappa shape index (κ2) is 10.0. The number of halogens is 2. The molecule has 3 heterocycles. The van der Waals surface area contributed by atoms with Gasteiger partial charge in [0.25, 0.3) is 0 Å². The molecule has 0 unspecified atom stereocenters. The fraction of sp³-hybridized carbons (Fsp3) is 0.231. The summed E-state index contributed by atoms with van der Waals surface area (Å²) in [6.07, 6.45) is 4.57. The molecule has 1 fully saturated rings. The number of nitrogens with zero attached hydrogens (tertiary/aromatic N) is 1. The number of anilines is 1. The van der Waals surface area contributed by atoms with Gasteiger partial charge in [-0.25, -0.2) is 9.37 Å². The number of carbonyl (C=O) groups is 1. The van der Waals surface area contributed by atoms with Crippen LogP contribution in [0.25, 0.3) is 11.0 Å². The zero-order valence-electron chi connectivity index (χ0n) is 18.6. The number of nitrogens with one attached hydrogen (secondary N) is 2. The molecule has 2 atom stereocenters. The Labute approximate surface area is 205 Å². The Bertz CT molecular complexity index is 1350. The largest absolute Gasteiger partial charge is 0.454 e. The lowest BCUT2D eigenvalue weighted by atomic mass is 10.0. The number of carbonyl (C=O) groups excluding carboxylic acids is 1. The van der Waals surface area contributed by atoms with Crippen LogP contribution in [0.1, 0.15) is 28.8 Å². The number of aliphatic hydroxyl groups excluding tert-OH is 1. The lowest BCUT2D eigenvalue weighted by Crippen LogP contribution is -2.36. The highest BCUT2D eigenvalue weighted by atomic mass is 35.5. The summed E-state index contributed by atoms with van der Waals surface area (Å²) in [5.74, 6) is -0.755. The van der Waals surface area contributed by atoms with Crippen LogP contribution in [0.2, 0.25) is 5.02 Å². The molecule has 0 radical (unpaired) electrons. The summed E-state index contributed by atoms with van der Waals surface area (Å²) >= 11 is 6.41. The second-order valence-corrected chi connectivity index (χ2v) is 8.75. The van der Waals surface area contributed by atoms with Crippen LogP contribution in [0, 0.1) is 5.82 Å². The number of pyridine rings is 1. The van der Waals surface area contributed by atoms with Crippen molar-refractivity contribution in [3.63, 3.8) is 0 Å². The van der Waals surface area contributed by atoms with Crippen molar-refractivity contribution in [1.82, 2.24) is 9.97 Å². The zero-order valence-corrected chi connectivity index (χ0v) is 19.4. The maximum absolute atomic E-state index is 14.9. The number of fused-ring (bicyclic) bond motifs is 1. The molecular formula is C26H23ClFN3O4. The molecule has 0 amide bonds. The summed E-state index contributed by atoms with van der Waals surface area (Å²) in [5.41, 5.74) is 1.56. The monoisotopic (exact) mass is 495 g/mol. The third kappa shape index (κ3) is 4.86. The number of H-pyrrole nitrogens is 1. The first kappa shape index (κ1) is 23.3. The summed E-state index contributed by atoms with van der Waals surface area (Å²) < 4.78 is 26.1. The van der Waals surface area contributed by atoms with Gasteiger partial charge in [-0.1, -0.05) is 29.8 Å². The van der Waals surface area contributed by atoms with Crippen LogP contribution in [-0.2, 0) is 4.74 Å². The van der Waals surface area contributed by atoms with E-state index in [2.05, 4.69) is 15.3 Å². The van der Waals surface area contributed by atoms with Gasteiger partial charge in [0.15, 0.2) is 17.3 Å². The van der Waals surface area contributed by atoms with E-state index in [0.29, 0.717) is 34.6 Å². The van der Waals surface area contributed by atoms with Gasteiger partial charge < -0.3 is 24.9 Å². The van der Waals surface area contributed by atoms with Crippen LogP contribution >= 0.6 is 11.6 Å². The molecule has 9 heteroatoms. The summed E-state index contributed by atoms with van der Waals surface area (Å²) in [4.78, 5) is 20.8. The van der Waals surface area contributed by atoms with Gasteiger partial charge in [-0.2, -0.15) is 0 Å². The number of rotatable bonds is 7. The molecule has 0 aliphatic carbocycles. The molecule has 4 aromatic rings. The maximum Gasteiger partial charge on any atom is 0.196 e. The molecule has 180 valence electrons. The molecule has 1 saturated heterocycles. The molecule has 1 aliphatic rings. The van der Waals surface area contributed by atoms with Crippen LogP contribution < -0.4 is 10.1 Å². The zero-order chi connectivity index (χ0) is 24.4. The molecule has 3 N–H and O–H groups in total. The smallest absolute Gasteiger partial charge is 0.196 e. The van der Waals surface area contributed by atoms with Gasteiger partial charge in [0.2, 0.25) is 0 Å². The Hall–Kier alpha value is -3.46. The lowest BCUT2D eigenvalue weighted by Gasteiger charge is -2.29. The molecule has 7 nitrogen and oxygen atoms in total.